The van der Waals surface area contributed by atoms with E-state index >= 15 is 0 Å². The molecule has 0 bridgehead atoms. The van der Waals surface area contributed by atoms with E-state index in [4.69, 9.17) is 20.9 Å². The Morgan fingerprint density at radius 3 is 2.56 bits per heavy atom. The summed E-state index contributed by atoms with van der Waals surface area (Å²) in [5, 5.41) is 14.6. The Bertz CT molecular complexity index is 990. The molecular formula is C18H16BrClN2O5. The van der Waals surface area contributed by atoms with E-state index in [0.29, 0.717) is 20.8 Å². The van der Waals surface area contributed by atoms with E-state index in [1.165, 1.54) is 12.1 Å². The molecule has 1 aromatic carbocycles. The van der Waals surface area contributed by atoms with Gasteiger partial charge in [0.15, 0.2) is 5.76 Å². The first kappa shape index (κ1) is 19.4. The van der Waals surface area contributed by atoms with Crippen molar-refractivity contribution in [2.75, 3.05) is 4.90 Å². The van der Waals surface area contributed by atoms with Gasteiger partial charge in [0.1, 0.15) is 5.60 Å². The fraction of sp³-hybridized carbons (Fsp3) is 0.278. The number of nitrogens with zero attached hydrogens (tertiary/aromatic N) is 2. The molecule has 142 valence electrons. The number of aromatic nitrogens is 1. The molecule has 1 aromatic heterocycles. The van der Waals surface area contributed by atoms with Crippen LogP contribution in [0.4, 0.5) is 10.5 Å². The molecule has 9 heteroatoms. The molecule has 0 unspecified atom stereocenters. The van der Waals surface area contributed by atoms with Gasteiger partial charge in [-0.25, -0.2) is 9.69 Å². The van der Waals surface area contributed by atoms with Gasteiger partial charge in [0.05, 0.1) is 22.0 Å². The number of imide groups is 1. The molecule has 27 heavy (non-hydrogen) atoms. The number of halogens is 2. The minimum atomic E-state index is -0.872. The monoisotopic (exact) mass is 454 g/mol. The number of carbonyl (C=O) groups is 2. The summed E-state index contributed by atoms with van der Waals surface area (Å²) in [6, 6.07) is 4.49. The predicted molar refractivity (Wildman–Crippen MR) is 104 cm³/mol. The maximum absolute atomic E-state index is 13.0. The SMILES string of the molecule is Cc1cc(/C(O)=C2\C(=O)N(C(=O)OC(C)(C)C)c3cc(Cl)c(Br)cc32)on1. The lowest BCUT2D eigenvalue weighted by molar-refractivity contribution is -0.112. The highest BCUT2D eigenvalue weighted by molar-refractivity contribution is 9.10. The fourth-order valence-corrected chi connectivity index (χ4v) is 3.08. The predicted octanol–water partition coefficient (Wildman–Crippen LogP) is 5.11. The average molecular weight is 456 g/mol. The maximum atomic E-state index is 13.0. The molecule has 0 saturated heterocycles. The Morgan fingerprint density at radius 2 is 2.00 bits per heavy atom. The van der Waals surface area contributed by atoms with Crippen LogP contribution in [0.25, 0.3) is 11.3 Å². The maximum Gasteiger partial charge on any atom is 0.422 e. The van der Waals surface area contributed by atoms with Crippen LogP contribution < -0.4 is 4.90 Å². The molecule has 0 spiro atoms. The minimum Gasteiger partial charge on any atom is -0.504 e. The smallest absolute Gasteiger partial charge is 0.422 e. The summed E-state index contributed by atoms with van der Waals surface area (Å²) >= 11 is 9.44. The summed E-state index contributed by atoms with van der Waals surface area (Å²) in [5.41, 5.74) is 0.134. The molecule has 1 aliphatic heterocycles. The highest BCUT2D eigenvalue weighted by Gasteiger charge is 2.42. The van der Waals surface area contributed by atoms with Crippen LogP contribution in [0.5, 0.6) is 0 Å². The zero-order chi connectivity index (χ0) is 20.1. The van der Waals surface area contributed by atoms with Gasteiger partial charge in [0.25, 0.3) is 5.91 Å². The van der Waals surface area contributed by atoms with Gasteiger partial charge in [-0.1, -0.05) is 16.8 Å². The van der Waals surface area contributed by atoms with E-state index in [0.717, 1.165) is 4.90 Å². The Morgan fingerprint density at radius 1 is 1.33 bits per heavy atom. The molecule has 1 aliphatic rings. The number of benzene rings is 1. The number of rotatable bonds is 1. The van der Waals surface area contributed by atoms with Crippen molar-refractivity contribution in [2.24, 2.45) is 0 Å². The zero-order valence-electron chi connectivity index (χ0n) is 15.0. The number of aliphatic hydroxyl groups excluding tert-OH is 1. The van der Waals surface area contributed by atoms with Crippen molar-refractivity contribution in [2.45, 2.75) is 33.3 Å². The van der Waals surface area contributed by atoms with Crippen LogP contribution in [-0.4, -0.2) is 27.9 Å². The largest absolute Gasteiger partial charge is 0.504 e. The lowest BCUT2D eigenvalue weighted by Gasteiger charge is -2.23. The van der Waals surface area contributed by atoms with E-state index < -0.39 is 23.4 Å². The molecule has 7 nitrogen and oxygen atoms in total. The number of hydrogen-bond donors (Lipinski definition) is 1. The van der Waals surface area contributed by atoms with Gasteiger partial charge in [0.2, 0.25) is 5.76 Å². The quantitative estimate of drug-likeness (QED) is 0.474. The van der Waals surface area contributed by atoms with Crippen molar-refractivity contribution in [3.05, 3.63) is 44.7 Å². The van der Waals surface area contributed by atoms with E-state index in [9.17, 15) is 14.7 Å². The van der Waals surface area contributed by atoms with Gasteiger partial charge < -0.3 is 14.4 Å². The average Bonchev–Trinajstić information content (AvgIpc) is 3.07. The van der Waals surface area contributed by atoms with E-state index in [1.54, 1.807) is 33.8 Å². The molecule has 3 rings (SSSR count). The molecule has 2 heterocycles. The highest BCUT2D eigenvalue weighted by atomic mass is 79.9. The lowest BCUT2D eigenvalue weighted by Crippen LogP contribution is -2.38. The molecule has 0 atom stereocenters. The summed E-state index contributed by atoms with van der Waals surface area (Å²) in [7, 11) is 0. The Labute approximate surface area is 168 Å². The lowest BCUT2D eigenvalue weighted by atomic mass is 10.0. The van der Waals surface area contributed by atoms with Gasteiger partial charge >= 0.3 is 6.09 Å². The molecule has 2 aromatic rings. The summed E-state index contributed by atoms with van der Waals surface area (Å²) in [6.45, 7) is 6.74. The topological polar surface area (TPSA) is 92.9 Å². The second kappa shape index (κ2) is 6.69. The van der Waals surface area contributed by atoms with Crippen LogP contribution in [0.1, 0.15) is 37.8 Å². The van der Waals surface area contributed by atoms with E-state index in [2.05, 4.69) is 21.1 Å². The Kier molecular flexibility index (Phi) is 4.81. The van der Waals surface area contributed by atoms with Gasteiger partial charge in [-0.2, -0.15) is 0 Å². The number of amides is 2. The molecule has 1 N–H and O–H groups in total. The molecule has 0 aliphatic carbocycles. The number of aliphatic hydroxyl groups is 1. The van der Waals surface area contributed by atoms with Gasteiger partial charge in [-0.05, 0) is 55.8 Å². The second-order valence-corrected chi connectivity index (χ2v) is 8.22. The van der Waals surface area contributed by atoms with Crippen molar-refractivity contribution >= 4 is 56.6 Å². The molecule has 0 saturated carbocycles. The minimum absolute atomic E-state index is 0.0129. The van der Waals surface area contributed by atoms with Crippen molar-refractivity contribution < 1.29 is 24.0 Å². The normalized spacial score (nSPS) is 15.8. The van der Waals surface area contributed by atoms with Crippen molar-refractivity contribution in [1.29, 1.82) is 0 Å². The molecule has 0 radical (unpaired) electrons. The van der Waals surface area contributed by atoms with Crippen LogP contribution in [0.15, 0.2) is 27.2 Å². The molecular weight excluding hydrogens is 440 g/mol. The fourth-order valence-electron chi connectivity index (χ4n) is 2.57. The number of aryl methyl sites for hydroxylation is 1. The van der Waals surface area contributed by atoms with Crippen LogP contribution >= 0.6 is 27.5 Å². The van der Waals surface area contributed by atoms with Crippen molar-refractivity contribution in [3.8, 4) is 0 Å². The van der Waals surface area contributed by atoms with Gasteiger partial charge in [-0.3, -0.25) is 4.79 Å². The number of anilines is 1. The van der Waals surface area contributed by atoms with Gasteiger partial charge in [0, 0.05) is 16.1 Å². The van der Waals surface area contributed by atoms with E-state index in [1.807, 2.05) is 0 Å². The summed E-state index contributed by atoms with van der Waals surface area (Å²) in [6.07, 6.45) is -0.872. The first-order valence-electron chi connectivity index (χ1n) is 7.93. The van der Waals surface area contributed by atoms with E-state index in [-0.39, 0.29) is 17.0 Å². The van der Waals surface area contributed by atoms with Crippen LogP contribution in [0, 0.1) is 6.92 Å². The number of fused-ring (bicyclic) bond motifs is 1. The summed E-state index contributed by atoms with van der Waals surface area (Å²) < 4.78 is 10.9. The molecule has 2 amide bonds. The van der Waals surface area contributed by atoms with Crippen molar-refractivity contribution in [3.63, 3.8) is 0 Å². The third kappa shape index (κ3) is 3.59. The first-order valence-corrected chi connectivity index (χ1v) is 9.10. The Balaban J connectivity index is 2.20. The number of ether oxygens (including phenoxy) is 1. The van der Waals surface area contributed by atoms with Gasteiger partial charge in [-0.15, -0.1) is 0 Å². The van der Waals surface area contributed by atoms with Crippen molar-refractivity contribution in [1.82, 2.24) is 5.16 Å². The standard InChI is InChI=1S/C18H16BrClN2O5/c1-8-5-13(27-21-8)15(23)14-9-6-10(19)11(20)7-12(9)22(16(14)24)17(25)26-18(2,3)4/h5-7,23H,1-4H3/b15-14+. The summed E-state index contributed by atoms with van der Waals surface area (Å²) in [4.78, 5) is 26.5. The second-order valence-electron chi connectivity index (χ2n) is 6.96. The molecule has 0 fully saturated rings. The van der Waals surface area contributed by atoms with Crippen LogP contribution in [0.2, 0.25) is 5.02 Å². The first-order chi connectivity index (χ1) is 12.5. The highest BCUT2D eigenvalue weighted by Crippen LogP contribution is 2.44. The Hall–Kier alpha value is -2.32. The van der Waals surface area contributed by atoms with Crippen LogP contribution in [0.3, 0.4) is 0 Å². The third-order valence-electron chi connectivity index (χ3n) is 3.64. The third-order valence-corrected chi connectivity index (χ3v) is 4.84. The number of hydrogen-bond acceptors (Lipinski definition) is 6. The van der Waals surface area contributed by atoms with Crippen LogP contribution in [-0.2, 0) is 9.53 Å². The number of carbonyl (C=O) groups excluding carboxylic acids is 2. The summed E-state index contributed by atoms with van der Waals surface area (Å²) in [5.74, 6) is -1.17. The zero-order valence-corrected chi connectivity index (χ0v) is 17.3.